The van der Waals surface area contributed by atoms with Crippen molar-refractivity contribution < 1.29 is 18.7 Å². The first-order valence-corrected chi connectivity index (χ1v) is 5.59. The van der Waals surface area contributed by atoms with Gasteiger partial charge < -0.3 is 4.74 Å². The van der Waals surface area contributed by atoms with Crippen LogP contribution in [0.2, 0.25) is 0 Å². The minimum Gasteiger partial charge on any atom is -0.465 e. The maximum absolute atomic E-state index is 14.0. The van der Waals surface area contributed by atoms with Crippen molar-refractivity contribution in [1.82, 2.24) is 0 Å². The Balaban J connectivity index is 2.45. The van der Waals surface area contributed by atoms with Crippen LogP contribution in [0, 0.1) is 5.82 Å². The number of hydrogen-bond acceptors (Lipinski definition) is 3. The maximum atomic E-state index is 14.0. The van der Waals surface area contributed by atoms with Crippen molar-refractivity contribution in [2.75, 3.05) is 7.11 Å². The van der Waals surface area contributed by atoms with E-state index in [9.17, 15) is 14.0 Å². The van der Waals surface area contributed by atoms with E-state index < -0.39 is 11.8 Å². The molecule has 0 saturated heterocycles. The van der Waals surface area contributed by atoms with Crippen molar-refractivity contribution >= 4 is 12.3 Å². The number of rotatable bonds is 3. The molecule has 0 saturated carbocycles. The molecule has 0 fully saturated rings. The van der Waals surface area contributed by atoms with Crippen LogP contribution in [0.15, 0.2) is 42.5 Å². The van der Waals surface area contributed by atoms with Gasteiger partial charge in [-0.1, -0.05) is 24.3 Å². The molecule has 0 N–H and O–H groups in total. The first-order valence-electron chi connectivity index (χ1n) is 5.59. The molecular formula is C15H11FO3. The Kier molecular flexibility index (Phi) is 3.71. The third kappa shape index (κ3) is 2.68. The van der Waals surface area contributed by atoms with Crippen LogP contribution in [-0.4, -0.2) is 19.4 Å². The van der Waals surface area contributed by atoms with E-state index in [1.807, 2.05) is 0 Å². The van der Waals surface area contributed by atoms with Gasteiger partial charge in [0.05, 0.1) is 12.7 Å². The van der Waals surface area contributed by atoms with E-state index in [1.165, 1.54) is 19.2 Å². The molecule has 0 aliphatic carbocycles. The van der Waals surface area contributed by atoms with E-state index in [0.29, 0.717) is 23.0 Å². The van der Waals surface area contributed by atoms with Crippen molar-refractivity contribution in [3.63, 3.8) is 0 Å². The second kappa shape index (κ2) is 5.44. The average Bonchev–Trinajstić information content (AvgIpc) is 2.46. The number of benzene rings is 2. The van der Waals surface area contributed by atoms with Crippen LogP contribution in [0.1, 0.15) is 20.7 Å². The minimum atomic E-state index is -0.591. The highest BCUT2D eigenvalue weighted by molar-refractivity contribution is 5.90. The van der Waals surface area contributed by atoms with Gasteiger partial charge in [0.15, 0.2) is 0 Å². The largest absolute Gasteiger partial charge is 0.465 e. The first-order chi connectivity index (χ1) is 9.15. The number of esters is 1. The zero-order valence-corrected chi connectivity index (χ0v) is 10.2. The molecule has 0 spiro atoms. The van der Waals surface area contributed by atoms with Gasteiger partial charge in [-0.15, -0.1) is 0 Å². The monoisotopic (exact) mass is 258 g/mol. The molecule has 2 rings (SSSR count). The van der Waals surface area contributed by atoms with Gasteiger partial charge in [-0.05, 0) is 23.8 Å². The van der Waals surface area contributed by atoms with Crippen LogP contribution >= 0.6 is 0 Å². The van der Waals surface area contributed by atoms with Gasteiger partial charge in [0.25, 0.3) is 0 Å². The van der Waals surface area contributed by atoms with Crippen LogP contribution in [0.3, 0.4) is 0 Å². The molecule has 0 aromatic heterocycles. The number of carbonyl (C=O) groups excluding carboxylic acids is 2. The summed E-state index contributed by atoms with van der Waals surface area (Å²) in [5.41, 5.74) is 1.53. The first kappa shape index (κ1) is 13.0. The van der Waals surface area contributed by atoms with Gasteiger partial charge in [-0.25, -0.2) is 9.18 Å². The van der Waals surface area contributed by atoms with Gasteiger partial charge in [0, 0.05) is 11.1 Å². The third-order valence-electron chi connectivity index (χ3n) is 2.72. The van der Waals surface area contributed by atoms with Gasteiger partial charge >= 0.3 is 5.97 Å². The van der Waals surface area contributed by atoms with Gasteiger partial charge in [0.2, 0.25) is 0 Å². The van der Waals surface area contributed by atoms with E-state index in [0.717, 1.165) is 6.07 Å². The van der Waals surface area contributed by atoms with Crippen molar-refractivity contribution in [3.05, 3.63) is 59.4 Å². The normalized spacial score (nSPS) is 10.0. The molecule has 0 amide bonds. The van der Waals surface area contributed by atoms with E-state index in [4.69, 9.17) is 0 Å². The number of ether oxygens (including phenoxy) is 1. The zero-order chi connectivity index (χ0) is 13.8. The molecule has 4 heteroatoms. The Hall–Kier alpha value is -2.49. The molecule has 0 aliphatic heterocycles. The summed E-state index contributed by atoms with van der Waals surface area (Å²) in [5.74, 6) is -1.13. The highest BCUT2D eigenvalue weighted by Gasteiger charge is 2.11. The fraction of sp³-hybridized carbons (Fsp3) is 0.0667. The predicted molar refractivity (Wildman–Crippen MR) is 68.6 cm³/mol. The number of aldehydes is 1. The lowest BCUT2D eigenvalue weighted by molar-refractivity contribution is 0.0600. The quantitative estimate of drug-likeness (QED) is 0.627. The summed E-state index contributed by atoms with van der Waals surface area (Å²) < 4.78 is 18.5. The molecule has 0 unspecified atom stereocenters. The average molecular weight is 258 g/mol. The predicted octanol–water partition coefficient (Wildman–Crippen LogP) is 3.09. The van der Waals surface area contributed by atoms with E-state index in [-0.39, 0.29) is 5.56 Å². The van der Waals surface area contributed by atoms with Crippen LogP contribution in [-0.2, 0) is 4.74 Å². The SMILES string of the molecule is COC(=O)c1ccc(-c2cccc(C=O)c2)c(F)c1. The molecule has 2 aromatic carbocycles. The minimum absolute atomic E-state index is 0.148. The Labute approximate surface area is 109 Å². The molecule has 0 bridgehead atoms. The topological polar surface area (TPSA) is 43.4 Å². The number of methoxy groups -OCH3 is 1. The number of hydrogen-bond donors (Lipinski definition) is 0. The molecule has 0 heterocycles. The molecular weight excluding hydrogens is 247 g/mol. The van der Waals surface area contributed by atoms with Crippen LogP contribution < -0.4 is 0 Å². The lowest BCUT2D eigenvalue weighted by atomic mass is 10.0. The fourth-order valence-corrected chi connectivity index (χ4v) is 1.77. The summed E-state index contributed by atoms with van der Waals surface area (Å²) >= 11 is 0. The second-order valence-corrected chi connectivity index (χ2v) is 3.93. The standard InChI is InChI=1S/C15H11FO3/c1-19-15(18)12-5-6-13(14(16)8-12)11-4-2-3-10(7-11)9-17/h2-9H,1H3. The molecule has 2 aromatic rings. The van der Waals surface area contributed by atoms with Gasteiger partial charge in [-0.2, -0.15) is 0 Å². The van der Waals surface area contributed by atoms with Crippen molar-refractivity contribution in [2.45, 2.75) is 0 Å². The molecule has 96 valence electrons. The van der Waals surface area contributed by atoms with E-state index in [2.05, 4.69) is 4.74 Å². The molecule has 3 nitrogen and oxygen atoms in total. The van der Waals surface area contributed by atoms with Crippen LogP contribution in [0.4, 0.5) is 4.39 Å². The molecule has 0 atom stereocenters. The Morgan fingerprint density at radius 2 is 2.00 bits per heavy atom. The third-order valence-corrected chi connectivity index (χ3v) is 2.72. The van der Waals surface area contributed by atoms with Crippen LogP contribution in [0.5, 0.6) is 0 Å². The van der Waals surface area contributed by atoms with Gasteiger partial charge in [-0.3, -0.25) is 4.79 Å². The molecule has 0 aliphatic rings. The summed E-state index contributed by atoms with van der Waals surface area (Å²) in [5, 5.41) is 0. The number of carbonyl (C=O) groups is 2. The van der Waals surface area contributed by atoms with E-state index >= 15 is 0 Å². The molecule has 0 radical (unpaired) electrons. The summed E-state index contributed by atoms with van der Waals surface area (Å²) in [4.78, 5) is 22.0. The summed E-state index contributed by atoms with van der Waals surface area (Å²) in [6.45, 7) is 0. The Morgan fingerprint density at radius 1 is 1.21 bits per heavy atom. The van der Waals surface area contributed by atoms with Crippen molar-refractivity contribution in [1.29, 1.82) is 0 Å². The van der Waals surface area contributed by atoms with Crippen molar-refractivity contribution in [3.8, 4) is 11.1 Å². The van der Waals surface area contributed by atoms with Crippen molar-refractivity contribution in [2.24, 2.45) is 0 Å². The van der Waals surface area contributed by atoms with E-state index in [1.54, 1.807) is 24.3 Å². The molecule has 19 heavy (non-hydrogen) atoms. The zero-order valence-electron chi connectivity index (χ0n) is 10.2. The Bertz CT molecular complexity index is 635. The smallest absolute Gasteiger partial charge is 0.337 e. The lowest BCUT2D eigenvalue weighted by Gasteiger charge is -2.06. The summed E-state index contributed by atoms with van der Waals surface area (Å²) in [7, 11) is 1.24. The highest BCUT2D eigenvalue weighted by Crippen LogP contribution is 2.24. The maximum Gasteiger partial charge on any atom is 0.337 e. The fourth-order valence-electron chi connectivity index (χ4n) is 1.77. The summed E-state index contributed by atoms with van der Waals surface area (Å²) in [6.07, 6.45) is 0.699. The summed E-state index contributed by atoms with van der Waals surface area (Å²) in [6, 6.07) is 10.7. The lowest BCUT2D eigenvalue weighted by Crippen LogP contribution is -2.02. The highest BCUT2D eigenvalue weighted by atomic mass is 19.1. The second-order valence-electron chi connectivity index (χ2n) is 3.93. The van der Waals surface area contributed by atoms with Crippen LogP contribution in [0.25, 0.3) is 11.1 Å². The number of halogens is 1. The Morgan fingerprint density at radius 3 is 2.63 bits per heavy atom. The van der Waals surface area contributed by atoms with Gasteiger partial charge in [0.1, 0.15) is 12.1 Å².